The van der Waals surface area contributed by atoms with Gasteiger partial charge >= 0.3 is 0 Å². The highest BCUT2D eigenvalue weighted by molar-refractivity contribution is 5.48. The smallest absolute Gasteiger partial charge is 0.118 e. The maximum absolute atomic E-state index is 7.32. The van der Waals surface area contributed by atoms with E-state index in [0.717, 1.165) is 17.9 Å². The summed E-state index contributed by atoms with van der Waals surface area (Å²) in [7, 11) is 1.59. The number of hydrogen-bond acceptors (Lipinski definition) is 1. The van der Waals surface area contributed by atoms with Crippen molar-refractivity contribution < 1.29 is 7.48 Å². The predicted molar refractivity (Wildman–Crippen MR) is 43.1 cm³/mol. The summed E-state index contributed by atoms with van der Waals surface area (Å²) in [4.78, 5) is 0. The number of benzene rings is 1. The van der Waals surface area contributed by atoms with Crippen molar-refractivity contribution in [3.05, 3.63) is 36.4 Å². The van der Waals surface area contributed by atoms with Gasteiger partial charge in [-0.3, -0.25) is 0 Å². The highest BCUT2D eigenvalue weighted by Crippen LogP contribution is 2.11. The molecular weight excluding hydrogens is 124 g/mol. The molecule has 0 aromatic heterocycles. The molecule has 1 aromatic rings. The standard InChI is InChI=1S/C9H10O/c1-3-8-4-6-9(10-2)7-5-8/h3-7H,1H2,2H3/i1D,3D. The molecule has 0 unspecified atom stereocenters. The lowest BCUT2D eigenvalue weighted by atomic mass is 10.2. The second kappa shape index (κ2) is 3.06. The third-order valence-corrected chi connectivity index (χ3v) is 1.26. The fourth-order valence-electron chi connectivity index (χ4n) is 0.687. The van der Waals surface area contributed by atoms with Gasteiger partial charge in [-0.25, -0.2) is 0 Å². The summed E-state index contributed by atoms with van der Waals surface area (Å²) in [6, 6.07) is 7.26. The Morgan fingerprint density at radius 2 is 2.30 bits per heavy atom. The van der Waals surface area contributed by atoms with E-state index in [-0.39, 0.29) is 6.05 Å². The van der Waals surface area contributed by atoms with Gasteiger partial charge in [0.15, 0.2) is 0 Å². The van der Waals surface area contributed by atoms with Crippen molar-refractivity contribution in [2.45, 2.75) is 0 Å². The summed E-state index contributed by atoms with van der Waals surface area (Å²) in [5.41, 5.74) is 0.728. The second-order valence-electron chi connectivity index (χ2n) is 1.87. The molecule has 0 radical (unpaired) electrons. The lowest BCUT2D eigenvalue weighted by Crippen LogP contribution is -1.80. The SMILES string of the molecule is [2H]C=C([2H])c1ccc(OC)cc1. The van der Waals surface area contributed by atoms with Gasteiger partial charge in [-0.15, -0.1) is 0 Å². The summed E-state index contributed by atoms with van der Waals surface area (Å²) >= 11 is 0. The van der Waals surface area contributed by atoms with Crippen LogP contribution in [0.15, 0.2) is 30.8 Å². The molecule has 0 spiro atoms. The molecule has 0 bridgehead atoms. The Hall–Kier alpha value is -1.24. The van der Waals surface area contributed by atoms with E-state index in [4.69, 9.17) is 7.48 Å². The lowest BCUT2D eigenvalue weighted by molar-refractivity contribution is 0.415. The summed E-state index contributed by atoms with van der Waals surface area (Å²) in [5, 5.41) is 0. The Bertz CT molecular complexity index is 277. The van der Waals surface area contributed by atoms with E-state index >= 15 is 0 Å². The van der Waals surface area contributed by atoms with Crippen molar-refractivity contribution in [2.24, 2.45) is 0 Å². The molecule has 0 N–H and O–H groups in total. The molecule has 1 nitrogen and oxygen atoms in total. The Morgan fingerprint density at radius 3 is 2.80 bits per heavy atom. The molecule has 0 fully saturated rings. The van der Waals surface area contributed by atoms with Crippen molar-refractivity contribution in [1.29, 1.82) is 0 Å². The zero-order valence-corrected chi connectivity index (χ0v) is 5.79. The molecule has 1 aromatic carbocycles. The van der Waals surface area contributed by atoms with Gasteiger partial charge in [0.25, 0.3) is 0 Å². The van der Waals surface area contributed by atoms with Crippen LogP contribution in [0.25, 0.3) is 6.05 Å². The fraction of sp³-hybridized carbons (Fsp3) is 0.111. The average molecular weight is 136 g/mol. The summed E-state index contributed by atoms with van der Waals surface area (Å²) in [6.45, 7) is 1.02. The monoisotopic (exact) mass is 136 g/mol. The topological polar surface area (TPSA) is 9.23 Å². The van der Waals surface area contributed by atoms with Gasteiger partial charge in [0, 0.05) is 0 Å². The van der Waals surface area contributed by atoms with Crippen LogP contribution in [0, 0.1) is 0 Å². The number of methoxy groups -OCH3 is 1. The minimum atomic E-state index is 0.206. The van der Waals surface area contributed by atoms with Gasteiger partial charge in [-0.2, -0.15) is 0 Å². The van der Waals surface area contributed by atoms with E-state index in [9.17, 15) is 0 Å². The first-order chi connectivity index (χ1) is 5.77. The molecule has 0 amide bonds. The van der Waals surface area contributed by atoms with E-state index in [1.807, 2.05) is 0 Å². The highest BCUT2D eigenvalue weighted by Gasteiger charge is 1.87. The van der Waals surface area contributed by atoms with Crippen LogP contribution in [-0.2, 0) is 0 Å². The first-order valence-corrected chi connectivity index (χ1v) is 2.97. The van der Waals surface area contributed by atoms with E-state index < -0.39 is 0 Å². The molecular formula is C9H10O. The fourth-order valence-corrected chi connectivity index (χ4v) is 0.687. The molecule has 1 heteroatoms. The number of ether oxygens (including phenoxy) is 1. The van der Waals surface area contributed by atoms with Gasteiger partial charge in [0.05, 0.1) is 9.85 Å². The quantitative estimate of drug-likeness (QED) is 0.606. The highest BCUT2D eigenvalue weighted by atomic mass is 16.5. The van der Waals surface area contributed by atoms with Crippen LogP contribution < -0.4 is 4.74 Å². The van der Waals surface area contributed by atoms with Gasteiger partial charge in [-0.1, -0.05) is 24.7 Å². The minimum Gasteiger partial charge on any atom is -0.497 e. The molecule has 10 heavy (non-hydrogen) atoms. The van der Waals surface area contributed by atoms with Crippen molar-refractivity contribution in [2.75, 3.05) is 7.11 Å². The van der Waals surface area contributed by atoms with Crippen LogP contribution in [0.3, 0.4) is 0 Å². The zero-order valence-electron chi connectivity index (χ0n) is 7.79. The van der Waals surface area contributed by atoms with Crippen molar-refractivity contribution in [3.8, 4) is 5.75 Å². The van der Waals surface area contributed by atoms with Gasteiger partial charge in [0.1, 0.15) is 5.75 Å². The maximum Gasteiger partial charge on any atom is 0.118 e. The van der Waals surface area contributed by atoms with Crippen molar-refractivity contribution in [3.63, 3.8) is 0 Å². The van der Waals surface area contributed by atoms with E-state index in [0.29, 0.717) is 0 Å². The molecule has 0 aliphatic heterocycles. The average Bonchev–Trinajstić information content (AvgIpc) is 2.17. The molecule has 0 aliphatic rings. The third-order valence-electron chi connectivity index (χ3n) is 1.26. The third kappa shape index (κ3) is 1.38. The van der Waals surface area contributed by atoms with Crippen LogP contribution in [-0.4, -0.2) is 7.11 Å². The van der Waals surface area contributed by atoms with E-state index in [1.165, 1.54) is 0 Å². The van der Waals surface area contributed by atoms with Crippen LogP contribution >= 0.6 is 0 Å². The second-order valence-corrected chi connectivity index (χ2v) is 1.87. The summed E-state index contributed by atoms with van der Waals surface area (Å²) < 4.78 is 19.1. The molecule has 0 saturated heterocycles. The molecule has 0 saturated carbocycles. The zero-order chi connectivity index (χ0) is 8.97. The van der Waals surface area contributed by atoms with Gasteiger partial charge in [0.2, 0.25) is 0 Å². The molecule has 0 heterocycles. The van der Waals surface area contributed by atoms with Crippen LogP contribution in [0.5, 0.6) is 5.75 Å². The Morgan fingerprint density at radius 1 is 1.60 bits per heavy atom. The van der Waals surface area contributed by atoms with Gasteiger partial charge in [-0.05, 0) is 17.7 Å². The Kier molecular flexibility index (Phi) is 1.40. The van der Waals surface area contributed by atoms with Gasteiger partial charge < -0.3 is 4.74 Å². The Labute approximate surface area is 63.8 Å². The maximum atomic E-state index is 7.32. The van der Waals surface area contributed by atoms with Crippen LogP contribution in [0.2, 0.25) is 0 Å². The van der Waals surface area contributed by atoms with Crippen LogP contribution in [0.1, 0.15) is 8.30 Å². The number of rotatable bonds is 2. The molecule has 0 aliphatic carbocycles. The largest absolute Gasteiger partial charge is 0.497 e. The molecule has 0 atom stereocenters. The van der Waals surface area contributed by atoms with Crippen molar-refractivity contribution >= 4 is 6.05 Å². The minimum absolute atomic E-state index is 0.206. The first kappa shape index (κ1) is 4.56. The normalized spacial score (nSPS) is 13.9. The van der Waals surface area contributed by atoms with E-state index in [1.54, 1.807) is 31.4 Å². The summed E-state index contributed by atoms with van der Waals surface area (Å²) in [5.74, 6) is 0.761. The summed E-state index contributed by atoms with van der Waals surface area (Å²) in [6.07, 6.45) is 0. The van der Waals surface area contributed by atoms with E-state index in [2.05, 4.69) is 0 Å². The molecule has 52 valence electrons. The number of hydrogen-bond donors (Lipinski definition) is 0. The van der Waals surface area contributed by atoms with Crippen molar-refractivity contribution in [1.82, 2.24) is 0 Å². The lowest BCUT2D eigenvalue weighted by Gasteiger charge is -1.97. The Balaban J connectivity index is 2.92. The predicted octanol–water partition coefficient (Wildman–Crippen LogP) is 2.34. The first-order valence-electron chi connectivity index (χ1n) is 4.05. The molecule has 1 rings (SSSR count). The van der Waals surface area contributed by atoms with Crippen LogP contribution in [0.4, 0.5) is 0 Å².